The van der Waals surface area contributed by atoms with Gasteiger partial charge >= 0.3 is 0 Å². The van der Waals surface area contributed by atoms with Crippen molar-refractivity contribution in [1.29, 1.82) is 0 Å². The van der Waals surface area contributed by atoms with Crippen molar-refractivity contribution in [2.24, 2.45) is 11.3 Å². The van der Waals surface area contributed by atoms with Gasteiger partial charge < -0.3 is 9.47 Å². The molecule has 0 aliphatic heterocycles. The first kappa shape index (κ1) is 17.3. The highest BCUT2D eigenvalue weighted by Crippen LogP contribution is 2.43. The number of alkyl halides is 1. The Morgan fingerprint density at radius 2 is 1.89 bits per heavy atom. The van der Waals surface area contributed by atoms with Gasteiger partial charge in [-0.3, -0.25) is 0 Å². The van der Waals surface area contributed by atoms with Gasteiger partial charge in [0.25, 0.3) is 0 Å². The van der Waals surface area contributed by atoms with E-state index in [1.54, 1.807) is 7.11 Å². The lowest BCUT2D eigenvalue weighted by Crippen LogP contribution is -2.31. The topological polar surface area (TPSA) is 18.5 Å². The minimum atomic E-state index is 0.345. The zero-order valence-electron chi connectivity index (χ0n) is 12.8. The van der Waals surface area contributed by atoms with Crippen molar-refractivity contribution in [2.75, 3.05) is 32.8 Å². The number of hydrogen-bond acceptors (Lipinski definition) is 2. The fourth-order valence-electron chi connectivity index (χ4n) is 3.05. The Kier molecular flexibility index (Phi) is 9.10. The Bertz CT molecular complexity index is 207. The third-order valence-electron chi connectivity index (χ3n) is 4.62. The van der Waals surface area contributed by atoms with Gasteiger partial charge in [0.1, 0.15) is 0 Å². The number of rotatable bonds is 10. The van der Waals surface area contributed by atoms with E-state index < -0.39 is 0 Å². The molecule has 1 aliphatic carbocycles. The van der Waals surface area contributed by atoms with Gasteiger partial charge in [0.15, 0.2) is 0 Å². The van der Waals surface area contributed by atoms with Gasteiger partial charge in [-0.25, -0.2) is 0 Å². The van der Waals surface area contributed by atoms with Crippen LogP contribution in [0.25, 0.3) is 0 Å². The molecular formula is C16H31ClO2. The Morgan fingerprint density at radius 1 is 1.16 bits per heavy atom. The van der Waals surface area contributed by atoms with Crippen molar-refractivity contribution < 1.29 is 9.47 Å². The highest BCUT2D eigenvalue weighted by atomic mass is 35.5. The van der Waals surface area contributed by atoms with E-state index in [4.69, 9.17) is 21.1 Å². The van der Waals surface area contributed by atoms with Gasteiger partial charge in [0.2, 0.25) is 0 Å². The summed E-state index contributed by atoms with van der Waals surface area (Å²) in [6.45, 7) is 4.50. The van der Waals surface area contributed by atoms with Crippen molar-refractivity contribution >= 4 is 11.6 Å². The summed E-state index contributed by atoms with van der Waals surface area (Å²) >= 11 is 6.25. The van der Waals surface area contributed by atoms with E-state index in [2.05, 4.69) is 6.92 Å². The van der Waals surface area contributed by atoms with Gasteiger partial charge in [0.05, 0.1) is 13.2 Å². The van der Waals surface area contributed by atoms with E-state index in [0.29, 0.717) is 18.6 Å². The molecule has 0 aromatic rings. The predicted molar refractivity (Wildman–Crippen MR) is 81.9 cm³/mol. The summed E-state index contributed by atoms with van der Waals surface area (Å²) in [5, 5.41) is 0. The van der Waals surface area contributed by atoms with Crippen molar-refractivity contribution in [3.05, 3.63) is 0 Å². The average Bonchev–Trinajstić information content (AvgIpc) is 2.46. The molecule has 0 aromatic carbocycles. The molecule has 0 aromatic heterocycles. The number of halogens is 1. The molecule has 1 saturated carbocycles. The summed E-state index contributed by atoms with van der Waals surface area (Å²) in [6, 6.07) is 0. The second-order valence-electron chi connectivity index (χ2n) is 6.07. The molecule has 1 fully saturated rings. The molecule has 2 nitrogen and oxygen atoms in total. The highest BCUT2D eigenvalue weighted by Gasteiger charge is 2.34. The van der Waals surface area contributed by atoms with Crippen LogP contribution in [0.4, 0.5) is 0 Å². The molecule has 1 aliphatic rings. The van der Waals surface area contributed by atoms with Gasteiger partial charge in [0, 0.05) is 19.6 Å². The Morgan fingerprint density at radius 3 is 2.47 bits per heavy atom. The molecule has 0 saturated heterocycles. The fourth-order valence-corrected chi connectivity index (χ4v) is 3.46. The van der Waals surface area contributed by atoms with Crippen LogP contribution in [0.3, 0.4) is 0 Å². The van der Waals surface area contributed by atoms with Crippen molar-refractivity contribution in [3.63, 3.8) is 0 Å². The van der Waals surface area contributed by atoms with Gasteiger partial charge in [-0.05, 0) is 43.4 Å². The van der Waals surface area contributed by atoms with Gasteiger partial charge in [-0.15, -0.1) is 11.6 Å². The largest absolute Gasteiger partial charge is 0.382 e. The van der Waals surface area contributed by atoms with Gasteiger partial charge in [-0.1, -0.05) is 26.2 Å². The second kappa shape index (κ2) is 10.0. The lowest BCUT2D eigenvalue weighted by molar-refractivity contribution is 0.0423. The summed E-state index contributed by atoms with van der Waals surface area (Å²) in [7, 11) is 1.71. The first-order valence-corrected chi connectivity index (χ1v) is 8.42. The minimum absolute atomic E-state index is 0.345. The Hall–Kier alpha value is 0.210. The zero-order valence-corrected chi connectivity index (χ0v) is 13.5. The van der Waals surface area contributed by atoms with Crippen LogP contribution in [0, 0.1) is 11.3 Å². The molecule has 0 heterocycles. The smallest absolute Gasteiger partial charge is 0.0700 e. The van der Waals surface area contributed by atoms with E-state index in [1.807, 2.05) is 0 Å². The maximum atomic E-state index is 6.25. The zero-order chi connectivity index (χ0) is 14.0. The van der Waals surface area contributed by atoms with Crippen molar-refractivity contribution in [2.45, 2.75) is 58.3 Å². The first-order chi connectivity index (χ1) is 9.26. The average molecular weight is 291 g/mol. The summed E-state index contributed by atoms with van der Waals surface area (Å²) in [4.78, 5) is 0. The molecule has 0 N–H and O–H groups in total. The molecule has 0 bridgehead atoms. The molecule has 3 heteroatoms. The fraction of sp³-hybridized carbons (Fsp3) is 1.00. The Balaban J connectivity index is 2.22. The van der Waals surface area contributed by atoms with Crippen molar-refractivity contribution in [3.8, 4) is 0 Å². The van der Waals surface area contributed by atoms with Crippen LogP contribution < -0.4 is 0 Å². The highest BCUT2D eigenvalue weighted by molar-refractivity contribution is 6.18. The molecule has 0 radical (unpaired) electrons. The van der Waals surface area contributed by atoms with Crippen LogP contribution in [-0.2, 0) is 9.47 Å². The van der Waals surface area contributed by atoms with E-state index >= 15 is 0 Å². The predicted octanol–water partition coefficient (Wildman–Crippen LogP) is 4.65. The molecule has 19 heavy (non-hydrogen) atoms. The summed E-state index contributed by atoms with van der Waals surface area (Å²) in [5.74, 6) is 1.74. The molecule has 0 unspecified atom stereocenters. The van der Waals surface area contributed by atoms with Crippen molar-refractivity contribution in [1.82, 2.24) is 0 Å². The van der Waals surface area contributed by atoms with E-state index in [0.717, 1.165) is 24.8 Å². The van der Waals surface area contributed by atoms with Crippen LogP contribution in [0.1, 0.15) is 58.3 Å². The number of unbranched alkanes of at least 4 members (excludes halogenated alkanes) is 1. The summed E-state index contributed by atoms with van der Waals surface area (Å²) in [6.07, 6.45) is 10.6. The lowest BCUT2D eigenvalue weighted by Gasteiger charge is -2.39. The SMILES string of the molecule is CCCCC1CCC(CCl)(CCOCCOC)CC1. The number of ether oxygens (including phenoxy) is 2. The summed E-state index contributed by atoms with van der Waals surface area (Å²) in [5.41, 5.74) is 0.345. The number of methoxy groups -OCH3 is 1. The van der Waals surface area contributed by atoms with Crippen LogP contribution in [-0.4, -0.2) is 32.8 Å². The quantitative estimate of drug-likeness (QED) is 0.431. The minimum Gasteiger partial charge on any atom is -0.382 e. The number of hydrogen-bond donors (Lipinski definition) is 0. The summed E-state index contributed by atoms with van der Waals surface area (Å²) < 4.78 is 10.6. The van der Waals surface area contributed by atoms with Crippen LogP contribution in [0.15, 0.2) is 0 Å². The maximum Gasteiger partial charge on any atom is 0.0700 e. The third kappa shape index (κ3) is 6.46. The van der Waals surface area contributed by atoms with E-state index in [-0.39, 0.29) is 0 Å². The molecule has 114 valence electrons. The molecule has 0 atom stereocenters. The normalized spacial score (nSPS) is 27.6. The van der Waals surface area contributed by atoms with Crippen LogP contribution >= 0.6 is 11.6 Å². The Labute approximate surface area is 124 Å². The monoisotopic (exact) mass is 290 g/mol. The first-order valence-electron chi connectivity index (χ1n) is 7.89. The molecule has 1 rings (SSSR count). The van der Waals surface area contributed by atoms with E-state index in [9.17, 15) is 0 Å². The van der Waals surface area contributed by atoms with Gasteiger partial charge in [-0.2, -0.15) is 0 Å². The lowest BCUT2D eigenvalue weighted by atomic mass is 9.69. The molecule has 0 spiro atoms. The van der Waals surface area contributed by atoms with Crippen LogP contribution in [0.2, 0.25) is 0 Å². The standard InChI is InChI=1S/C16H31ClO2/c1-3-4-5-15-6-8-16(14-17,9-7-15)10-11-19-13-12-18-2/h15H,3-14H2,1-2H3. The second-order valence-corrected chi connectivity index (χ2v) is 6.34. The third-order valence-corrected chi connectivity index (χ3v) is 5.19. The van der Waals surface area contributed by atoms with Crippen LogP contribution in [0.5, 0.6) is 0 Å². The molecule has 0 amide bonds. The maximum absolute atomic E-state index is 6.25. The molecular weight excluding hydrogens is 260 g/mol. The van der Waals surface area contributed by atoms with E-state index in [1.165, 1.54) is 44.9 Å².